The van der Waals surface area contributed by atoms with Crippen LogP contribution in [0.15, 0.2) is 12.4 Å². The number of nitrogen functional groups attached to an aromatic ring is 1. The molecule has 0 aromatic carbocycles. The van der Waals surface area contributed by atoms with Crippen LogP contribution in [0.5, 0.6) is 11.8 Å². The van der Waals surface area contributed by atoms with E-state index in [1.165, 1.54) is 6.33 Å². The number of nitrogens with zero attached hydrogens (tertiary/aromatic N) is 3. The zero-order valence-electron chi connectivity index (χ0n) is 10.4. The van der Waals surface area contributed by atoms with Gasteiger partial charge in [0.2, 0.25) is 11.8 Å². The van der Waals surface area contributed by atoms with Crippen LogP contribution in [0, 0.1) is 6.92 Å². The molecule has 2 aromatic heterocycles. The van der Waals surface area contributed by atoms with Crippen LogP contribution in [0.25, 0.3) is 0 Å². The normalized spacial score (nSPS) is 10.4. The summed E-state index contributed by atoms with van der Waals surface area (Å²) in [5.41, 5.74) is 4.33. The fourth-order valence-electron chi connectivity index (χ4n) is 1.63. The predicted octanol–water partition coefficient (Wildman–Crippen LogP) is 1.54. The highest BCUT2D eigenvalue weighted by Crippen LogP contribution is 2.26. The molecule has 0 radical (unpaired) electrons. The molecular weight excluding hydrogens is 232 g/mol. The van der Waals surface area contributed by atoms with E-state index in [2.05, 4.69) is 32.5 Å². The van der Waals surface area contributed by atoms with Crippen molar-refractivity contribution in [2.75, 3.05) is 5.43 Å². The van der Waals surface area contributed by atoms with Crippen LogP contribution in [-0.2, 0) is 6.42 Å². The monoisotopic (exact) mass is 248 g/mol. The minimum Gasteiger partial charge on any atom is -0.419 e. The summed E-state index contributed by atoms with van der Waals surface area (Å²) in [5.74, 6) is 6.96. The van der Waals surface area contributed by atoms with Crippen LogP contribution >= 0.6 is 0 Å². The van der Waals surface area contributed by atoms with Gasteiger partial charge in [-0.25, -0.2) is 15.8 Å². The number of hydrazine groups is 1. The van der Waals surface area contributed by atoms with Crippen molar-refractivity contribution in [3.8, 4) is 11.8 Å². The van der Waals surface area contributed by atoms with Gasteiger partial charge in [-0.2, -0.15) is 0 Å². The molecule has 7 nitrogen and oxygen atoms in total. The topological polar surface area (TPSA) is 102 Å². The lowest BCUT2D eigenvalue weighted by Crippen LogP contribution is -2.12. The van der Waals surface area contributed by atoms with Crippen molar-refractivity contribution in [3.05, 3.63) is 23.7 Å². The highest BCUT2D eigenvalue weighted by Gasteiger charge is 2.13. The average molecular weight is 248 g/mol. The lowest BCUT2D eigenvalue weighted by molar-refractivity contribution is 0.436. The SMILES string of the molecule is CCCc1c(NN)ncnc1Oc1cc(C)[nH]n1. The summed E-state index contributed by atoms with van der Waals surface area (Å²) in [6.07, 6.45) is 3.13. The van der Waals surface area contributed by atoms with Crippen molar-refractivity contribution in [2.24, 2.45) is 5.84 Å². The maximum atomic E-state index is 5.64. The number of nitrogens with one attached hydrogen (secondary N) is 2. The third-order valence-electron chi connectivity index (χ3n) is 2.43. The van der Waals surface area contributed by atoms with Crippen molar-refractivity contribution in [3.63, 3.8) is 0 Å². The number of aromatic nitrogens is 4. The fraction of sp³-hybridized carbons (Fsp3) is 0.364. The Labute approximate surface area is 105 Å². The van der Waals surface area contributed by atoms with Crippen LogP contribution in [0.4, 0.5) is 5.82 Å². The number of ether oxygens (including phenoxy) is 1. The highest BCUT2D eigenvalue weighted by molar-refractivity contribution is 5.48. The largest absolute Gasteiger partial charge is 0.419 e. The van der Waals surface area contributed by atoms with Gasteiger partial charge in [0.05, 0.1) is 5.56 Å². The summed E-state index contributed by atoms with van der Waals surface area (Å²) < 4.78 is 5.64. The molecular formula is C11H16N6O. The number of aromatic amines is 1. The van der Waals surface area contributed by atoms with E-state index in [4.69, 9.17) is 10.6 Å². The number of hydrogen-bond donors (Lipinski definition) is 3. The average Bonchev–Trinajstić information content (AvgIpc) is 2.77. The molecule has 0 amide bonds. The molecule has 7 heteroatoms. The molecule has 2 aromatic rings. The first-order chi connectivity index (χ1) is 8.74. The minimum atomic E-state index is 0.478. The number of hydrogen-bond acceptors (Lipinski definition) is 6. The summed E-state index contributed by atoms with van der Waals surface area (Å²) in [6.45, 7) is 3.97. The Kier molecular flexibility index (Phi) is 3.73. The predicted molar refractivity (Wildman–Crippen MR) is 67.2 cm³/mol. The van der Waals surface area contributed by atoms with Gasteiger partial charge in [0.1, 0.15) is 12.1 Å². The number of nitrogens with two attached hydrogens (primary N) is 1. The molecule has 0 saturated heterocycles. The van der Waals surface area contributed by atoms with E-state index in [0.29, 0.717) is 17.6 Å². The van der Waals surface area contributed by atoms with E-state index in [-0.39, 0.29) is 0 Å². The van der Waals surface area contributed by atoms with Gasteiger partial charge in [-0.15, -0.1) is 5.10 Å². The van der Waals surface area contributed by atoms with E-state index in [1.807, 2.05) is 6.92 Å². The molecule has 0 unspecified atom stereocenters. The summed E-state index contributed by atoms with van der Waals surface area (Å²) >= 11 is 0. The Balaban J connectivity index is 2.31. The first kappa shape index (κ1) is 12.3. The number of rotatable bonds is 5. The Bertz CT molecular complexity index is 524. The molecule has 0 aliphatic rings. The van der Waals surface area contributed by atoms with E-state index in [0.717, 1.165) is 24.1 Å². The van der Waals surface area contributed by atoms with Crippen LogP contribution in [0.3, 0.4) is 0 Å². The van der Waals surface area contributed by atoms with E-state index >= 15 is 0 Å². The molecule has 0 fully saturated rings. The van der Waals surface area contributed by atoms with Gasteiger partial charge in [-0.1, -0.05) is 13.3 Å². The third kappa shape index (κ3) is 2.57. The molecule has 0 bridgehead atoms. The Morgan fingerprint density at radius 2 is 2.28 bits per heavy atom. The smallest absolute Gasteiger partial charge is 0.240 e. The lowest BCUT2D eigenvalue weighted by atomic mass is 10.2. The van der Waals surface area contributed by atoms with E-state index < -0.39 is 0 Å². The van der Waals surface area contributed by atoms with Crippen molar-refractivity contribution >= 4 is 5.82 Å². The van der Waals surface area contributed by atoms with E-state index in [1.54, 1.807) is 6.07 Å². The molecule has 18 heavy (non-hydrogen) atoms. The van der Waals surface area contributed by atoms with Crippen molar-refractivity contribution in [1.82, 2.24) is 20.2 Å². The molecule has 96 valence electrons. The van der Waals surface area contributed by atoms with Crippen molar-refractivity contribution < 1.29 is 4.74 Å². The molecule has 0 aliphatic carbocycles. The molecule has 2 rings (SSSR count). The lowest BCUT2D eigenvalue weighted by Gasteiger charge is -2.10. The summed E-state index contributed by atoms with van der Waals surface area (Å²) in [7, 11) is 0. The molecule has 0 atom stereocenters. The fourth-order valence-corrected chi connectivity index (χ4v) is 1.63. The molecule has 0 spiro atoms. The van der Waals surface area contributed by atoms with Gasteiger partial charge in [0.15, 0.2) is 0 Å². The standard InChI is InChI=1S/C11H16N6O/c1-3-4-8-10(15-12)13-6-14-11(8)18-9-5-7(2)16-17-9/h5-6H,3-4,12H2,1-2H3,(H,16,17)(H,13,14,15). The first-order valence-corrected chi connectivity index (χ1v) is 5.75. The second kappa shape index (κ2) is 5.46. The van der Waals surface area contributed by atoms with Gasteiger partial charge in [-0.05, 0) is 13.3 Å². The number of anilines is 1. The van der Waals surface area contributed by atoms with Gasteiger partial charge >= 0.3 is 0 Å². The van der Waals surface area contributed by atoms with Crippen molar-refractivity contribution in [1.29, 1.82) is 0 Å². The minimum absolute atomic E-state index is 0.478. The van der Waals surface area contributed by atoms with Gasteiger partial charge in [0, 0.05) is 11.8 Å². The van der Waals surface area contributed by atoms with Crippen LogP contribution < -0.4 is 16.0 Å². The molecule has 0 saturated carbocycles. The maximum Gasteiger partial charge on any atom is 0.240 e. The van der Waals surface area contributed by atoms with Crippen molar-refractivity contribution in [2.45, 2.75) is 26.7 Å². The van der Waals surface area contributed by atoms with Gasteiger partial charge in [0.25, 0.3) is 0 Å². The Morgan fingerprint density at radius 3 is 2.89 bits per heavy atom. The van der Waals surface area contributed by atoms with Crippen LogP contribution in [-0.4, -0.2) is 20.2 Å². The third-order valence-corrected chi connectivity index (χ3v) is 2.43. The number of H-pyrrole nitrogens is 1. The van der Waals surface area contributed by atoms with Gasteiger partial charge < -0.3 is 10.2 Å². The Morgan fingerprint density at radius 1 is 1.44 bits per heavy atom. The molecule has 4 N–H and O–H groups in total. The second-order valence-electron chi connectivity index (χ2n) is 3.89. The summed E-state index contributed by atoms with van der Waals surface area (Å²) in [5, 5.41) is 6.82. The summed E-state index contributed by atoms with van der Waals surface area (Å²) in [4.78, 5) is 8.20. The summed E-state index contributed by atoms with van der Waals surface area (Å²) in [6, 6.07) is 1.80. The van der Waals surface area contributed by atoms with E-state index in [9.17, 15) is 0 Å². The maximum absolute atomic E-state index is 5.64. The number of aryl methyl sites for hydroxylation is 1. The quantitative estimate of drug-likeness (QED) is 0.548. The zero-order chi connectivity index (χ0) is 13.0. The Hall–Kier alpha value is -2.15. The zero-order valence-corrected chi connectivity index (χ0v) is 10.4. The van der Waals surface area contributed by atoms with Crippen LogP contribution in [0.2, 0.25) is 0 Å². The van der Waals surface area contributed by atoms with Crippen LogP contribution in [0.1, 0.15) is 24.6 Å². The first-order valence-electron chi connectivity index (χ1n) is 5.75. The second-order valence-corrected chi connectivity index (χ2v) is 3.89. The molecule has 2 heterocycles. The molecule has 0 aliphatic heterocycles. The highest BCUT2D eigenvalue weighted by atomic mass is 16.5. The van der Waals surface area contributed by atoms with Gasteiger partial charge in [-0.3, -0.25) is 5.10 Å².